The molecule has 1 aliphatic heterocycles. The van der Waals surface area contributed by atoms with E-state index in [1.165, 1.54) is 12.1 Å². The van der Waals surface area contributed by atoms with Gasteiger partial charge in [-0.15, -0.1) is 0 Å². The maximum atomic E-state index is 13.7. The maximum Gasteiger partial charge on any atom is 0.282 e. The van der Waals surface area contributed by atoms with Crippen LogP contribution in [0.1, 0.15) is 5.56 Å². The highest BCUT2D eigenvalue weighted by Crippen LogP contribution is 2.32. The van der Waals surface area contributed by atoms with Gasteiger partial charge in [0.1, 0.15) is 5.82 Å². The minimum Gasteiger partial charge on any atom is -0.334 e. The number of hydrogen-bond donors (Lipinski definition) is 1. The Kier molecular flexibility index (Phi) is 4.32. The van der Waals surface area contributed by atoms with Crippen molar-refractivity contribution in [3.63, 3.8) is 0 Å². The second kappa shape index (κ2) is 6.28. The second-order valence-electron chi connectivity index (χ2n) is 6.05. The molecule has 0 radical (unpaired) electrons. The molecule has 1 amide bonds. The highest BCUT2D eigenvalue weighted by atomic mass is 19.3. The molecule has 6 heteroatoms. The number of rotatable bonds is 4. The number of carbonyl (C=O) groups excluding carboxylic acids is 1. The fraction of sp³-hybridized carbons (Fsp3) is 0.278. The molecule has 0 saturated carbocycles. The van der Waals surface area contributed by atoms with Crippen molar-refractivity contribution in [2.24, 2.45) is 5.73 Å². The van der Waals surface area contributed by atoms with Crippen molar-refractivity contribution in [3.05, 3.63) is 59.9 Å². The number of alkyl halides is 2. The summed E-state index contributed by atoms with van der Waals surface area (Å²) in [4.78, 5) is 12.1. The summed E-state index contributed by atoms with van der Waals surface area (Å²) in [7, 11) is 0. The predicted molar refractivity (Wildman–Crippen MR) is 85.0 cm³/mol. The summed E-state index contributed by atoms with van der Waals surface area (Å²) in [6.07, 6.45) is 0.639. The van der Waals surface area contributed by atoms with Gasteiger partial charge >= 0.3 is 0 Å². The van der Waals surface area contributed by atoms with E-state index < -0.39 is 24.6 Å². The largest absolute Gasteiger partial charge is 0.334 e. The number of nitrogens with two attached hydrogens (primary N) is 1. The van der Waals surface area contributed by atoms with E-state index in [1.54, 1.807) is 30.3 Å². The van der Waals surface area contributed by atoms with Gasteiger partial charge < -0.3 is 10.6 Å². The molecule has 0 spiro atoms. The van der Waals surface area contributed by atoms with Crippen LogP contribution < -0.4 is 5.73 Å². The van der Waals surface area contributed by atoms with Crippen molar-refractivity contribution in [1.82, 2.24) is 4.90 Å². The molecule has 1 heterocycles. The Bertz CT molecular complexity index is 751. The fourth-order valence-corrected chi connectivity index (χ4v) is 3.10. The lowest BCUT2D eigenvalue weighted by atomic mass is 9.96. The third-order valence-corrected chi connectivity index (χ3v) is 4.39. The van der Waals surface area contributed by atoms with E-state index in [4.69, 9.17) is 5.73 Å². The third kappa shape index (κ3) is 3.14. The van der Waals surface area contributed by atoms with Gasteiger partial charge in [0.25, 0.3) is 5.92 Å². The molecule has 24 heavy (non-hydrogen) atoms. The summed E-state index contributed by atoms with van der Waals surface area (Å²) in [6.45, 7) is -0.661. The minimum atomic E-state index is -3.09. The third-order valence-electron chi connectivity index (χ3n) is 4.39. The number of hydrogen-bond acceptors (Lipinski definition) is 2. The van der Waals surface area contributed by atoms with Crippen LogP contribution in [-0.4, -0.2) is 35.9 Å². The van der Waals surface area contributed by atoms with Gasteiger partial charge in [0, 0.05) is 0 Å². The van der Waals surface area contributed by atoms with E-state index in [0.717, 1.165) is 16.0 Å². The maximum absolute atomic E-state index is 13.7. The van der Waals surface area contributed by atoms with Gasteiger partial charge in [-0.1, -0.05) is 36.4 Å². The van der Waals surface area contributed by atoms with Gasteiger partial charge in [-0.3, -0.25) is 4.79 Å². The summed E-state index contributed by atoms with van der Waals surface area (Å²) in [5.74, 6) is -3.44. The summed E-state index contributed by atoms with van der Waals surface area (Å²) >= 11 is 0. The Morgan fingerprint density at radius 1 is 1.17 bits per heavy atom. The highest BCUT2D eigenvalue weighted by molar-refractivity contribution is 5.64. The summed E-state index contributed by atoms with van der Waals surface area (Å²) < 4.78 is 40.9. The zero-order valence-electron chi connectivity index (χ0n) is 12.8. The number of likely N-dealkylation sites (tertiary alicyclic amines) is 1. The average Bonchev–Trinajstić information content (AvgIpc) is 2.78. The molecule has 2 atom stereocenters. The molecule has 2 aromatic rings. The van der Waals surface area contributed by atoms with Gasteiger partial charge in [-0.05, 0) is 35.2 Å². The lowest BCUT2D eigenvalue weighted by Crippen LogP contribution is -2.45. The molecule has 2 aromatic carbocycles. The first-order chi connectivity index (χ1) is 11.4. The van der Waals surface area contributed by atoms with Gasteiger partial charge in [0.05, 0.1) is 18.6 Å². The normalized spacial score (nSPS) is 22.6. The molecule has 0 aromatic heterocycles. The predicted octanol–water partition coefficient (Wildman–Crippen LogP) is 2.84. The van der Waals surface area contributed by atoms with Crippen molar-refractivity contribution in [2.45, 2.75) is 24.4 Å². The van der Waals surface area contributed by atoms with Crippen molar-refractivity contribution in [2.75, 3.05) is 6.54 Å². The smallest absolute Gasteiger partial charge is 0.282 e. The van der Waals surface area contributed by atoms with Crippen LogP contribution in [0.5, 0.6) is 0 Å². The van der Waals surface area contributed by atoms with Crippen molar-refractivity contribution >= 4 is 6.41 Å². The molecule has 2 N–H and O–H groups in total. The highest BCUT2D eigenvalue weighted by Gasteiger charge is 2.52. The Morgan fingerprint density at radius 2 is 1.83 bits per heavy atom. The summed E-state index contributed by atoms with van der Waals surface area (Å²) in [5.41, 5.74) is 7.88. The van der Waals surface area contributed by atoms with E-state index in [0.29, 0.717) is 12.0 Å². The van der Waals surface area contributed by atoms with Crippen LogP contribution in [0.15, 0.2) is 48.5 Å². The Morgan fingerprint density at radius 3 is 2.50 bits per heavy atom. The second-order valence-corrected chi connectivity index (χ2v) is 6.05. The SMILES string of the molecule is NC1C(Cc2cccc(-c3cccc(F)c3)c2)N(C=O)CC1(F)F. The van der Waals surface area contributed by atoms with Crippen LogP contribution in [0, 0.1) is 5.82 Å². The van der Waals surface area contributed by atoms with E-state index in [9.17, 15) is 18.0 Å². The van der Waals surface area contributed by atoms with Crippen molar-refractivity contribution in [1.29, 1.82) is 0 Å². The molecule has 3 nitrogen and oxygen atoms in total. The van der Waals surface area contributed by atoms with Crippen molar-refractivity contribution < 1.29 is 18.0 Å². The van der Waals surface area contributed by atoms with Crippen molar-refractivity contribution in [3.8, 4) is 11.1 Å². The molecular formula is C18H17F3N2O. The Balaban J connectivity index is 1.86. The molecule has 1 fully saturated rings. The monoisotopic (exact) mass is 334 g/mol. The molecular weight excluding hydrogens is 317 g/mol. The molecule has 126 valence electrons. The van der Waals surface area contributed by atoms with Crippen LogP contribution in [0.25, 0.3) is 11.1 Å². The molecule has 1 saturated heterocycles. The fourth-order valence-electron chi connectivity index (χ4n) is 3.10. The molecule has 0 aliphatic carbocycles. The quantitative estimate of drug-likeness (QED) is 0.874. The Hall–Kier alpha value is -2.34. The first kappa shape index (κ1) is 16.5. The van der Waals surface area contributed by atoms with Gasteiger partial charge in [0.2, 0.25) is 6.41 Å². The summed E-state index contributed by atoms with van der Waals surface area (Å²) in [5, 5.41) is 0. The van der Waals surface area contributed by atoms with E-state index in [2.05, 4.69) is 0 Å². The van der Waals surface area contributed by atoms with Crippen LogP contribution in [0.4, 0.5) is 13.2 Å². The standard InChI is InChI=1S/C18H17F3N2O/c19-15-6-2-5-14(9-15)13-4-1-3-12(7-13)8-16-17(22)18(20,21)10-23(16)11-24/h1-7,9,11,16-17H,8,10,22H2. The topological polar surface area (TPSA) is 46.3 Å². The van der Waals surface area contributed by atoms with Crippen LogP contribution in [0.3, 0.4) is 0 Å². The summed E-state index contributed by atoms with van der Waals surface area (Å²) in [6, 6.07) is 11.2. The minimum absolute atomic E-state index is 0.221. The van der Waals surface area contributed by atoms with E-state index >= 15 is 0 Å². The lowest BCUT2D eigenvalue weighted by Gasteiger charge is -2.22. The van der Waals surface area contributed by atoms with Crippen LogP contribution in [0.2, 0.25) is 0 Å². The number of benzene rings is 2. The number of nitrogens with zero attached hydrogens (tertiary/aromatic N) is 1. The number of halogens is 3. The van der Waals surface area contributed by atoms with E-state index in [-0.39, 0.29) is 12.2 Å². The first-order valence-electron chi connectivity index (χ1n) is 7.60. The van der Waals surface area contributed by atoms with Gasteiger partial charge in [-0.2, -0.15) is 0 Å². The molecule has 0 bridgehead atoms. The van der Waals surface area contributed by atoms with E-state index in [1.807, 2.05) is 6.07 Å². The number of carbonyl (C=O) groups is 1. The zero-order valence-corrected chi connectivity index (χ0v) is 12.8. The lowest BCUT2D eigenvalue weighted by molar-refractivity contribution is -0.120. The Labute approximate surface area is 137 Å². The number of amides is 1. The first-order valence-corrected chi connectivity index (χ1v) is 7.60. The zero-order chi connectivity index (χ0) is 17.3. The van der Waals surface area contributed by atoms with Gasteiger partial charge in [0.15, 0.2) is 0 Å². The molecule has 3 rings (SSSR count). The molecule has 2 unspecified atom stereocenters. The van der Waals surface area contributed by atoms with Crippen LogP contribution in [-0.2, 0) is 11.2 Å². The average molecular weight is 334 g/mol. The van der Waals surface area contributed by atoms with Crippen LogP contribution >= 0.6 is 0 Å². The van der Waals surface area contributed by atoms with Gasteiger partial charge in [-0.25, -0.2) is 13.2 Å². The molecule has 1 aliphatic rings.